The minimum atomic E-state index is -0.154. The number of hydrogen-bond donors (Lipinski definition) is 2. The number of methoxy groups -OCH3 is 1. The molecule has 0 bridgehead atoms. The van der Waals surface area contributed by atoms with Crippen molar-refractivity contribution in [2.24, 2.45) is 5.73 Å². The Morgan fingerprint density at radius 2 is 2.15 bits per heavy atom. The molecule has 20 heavy (non-hydrogen) atoms. The van der Waals surface area contributed by atoms with Crippen LogP contribution in [0.1, 0.15) is 15.2 Å². The van der Waals surface area contributed by atoms with Crippen molar-refractivity contribution < 1.29 is 9.53 Å². The van der Waals surface area contributed by atoms with Crippen molar-refractivity contribution in [1.29, 1.82) is 0 Å². The highest BCUT2D eigenvalue weighted by Crippen LogP contribution is 2.22. The highest BCUT2D eigenvalue weighted by molar-refractivity contribution is 7.12. The number of rotatable bonds is 3. The van der Waals surface area contributed by atoms with Crippen molar-refractivity contribution in [2.75, 3.05) is 19.0 Å². The molecule has 0 saturated carbocycles. The Hall–Kier alpha value is -2.29. The van der Waals surface area contributed by atoms with E-state index in [1.54, 1.807) is 18.6 Å². The predicted molar refractivity (Wildman–Crippen MR) is 81.2 cm³/mol. The van der Waals surface area contributed by atoms with Crippen LogP contribution < -0.4 is 15.8 Å². The highest BCUT2D eigenvalue weighted by atomic mass is 32.1. The van der Waals surface area contributed by atoms with E-state index in [2.05, 4.69) is 17.2 Å². The van der Waals surface area contributed by atoms with Gasteiger partial charge in [-0.25, -0.2) is 0 Å². The number of amides is 1. The first kappa shape index (κ1) is 14.1. The summed E-state index contributed by atoms with van der Waals surface area (Å²) in [5.41, 5.74) is 6.90. The minimum absolute atomic E-state index is 0.154. The molecule has 1 amide bonds. The Morgan fingerprint density at radius 1 is 1.40 bits per heavy atom. The summed E-state index contributed by atoms with van der Waals surface area (Å²) in [6.45, 7) is 0.332. The third-order valence-electron chi connectivity index (χ3n) is 2.51. The van der Waals surface area contributed by atoms with Gasteiger partial charge in [-0.2, -0.15) is 0 Å². The number of ether oxygens (including phenoxy) is 1. The molecular formula is C15H14N2O2S. The van der Waals surface area contributed by atoms with E-state index in [1.165, 1.54) is 11.3 Å². The first-order valence-electron chi connectivity index (χ1n) is 5.96. The van der Waals surface area contributed by atoms with Gasteiger partial charge in [0, 0.05) is 22.7 Å². The number of nitrogens with one attached hydrogen (secondary N) is 1. The molecule has 1 aromatic carbocycles. The van der Waals surface area contributed by atoms with Crippen molar-refractivity contribution in [2.45, 2.75) is 0 Å². The van der Waals surface area contributed by atoms with Gasteiger partial charge in [-0.05, 0) is 24.3 Å². The fraction of sp³-hybridized carbons (Fsp3) is 0.133. The zero-order chi connectivity index (χ0) is 14.4. The second-order valence-electron chi connectivity index (χ2n) is 3.89. The summed E-state index contributed by atoms with van der Waals surface area (Å²) >= 11 is 1.34. The molecule has 0 aliphatic rings. The van der Waals surface area contributed by atoms with Gasteiger partial charge in [0.15, 0.2) is 0 Å². The van der Waals surface area contributed by atoms with Crippen LogP contribution in [-0.2, 0) is 0 Å². The smallest absolute Gasteiger partial charge is 0.265 e. The van der Waals surface area contributed by atoms with Gasteiger partial charge in [0.05, 0.1) is 18.5 Å². The third-order valence-corrected chi connectivity index (χ3v) is 3.42. The lowest BCUT2D eigenvalue weighted by molar-refractivity contribution is 0.103. The summed E-state index contributed by atoms with van der Waals surface area (Å²) < 4.78 is 5.05. The monoisotopic (exact) mass is 286 g/mol. The summed E-state index contributed by atoms with van der Waals surface area (Å²) in [6.07, 6.45) is 0. The highest BCUT2D eigenvalue weighted by Gasteiger charge is 2.09. The summed E-state index contributed by atoms with van der Waals surface area (Å²) in [5, 5.41) is 4.61. The SMILES string of the molecule is COc1csc(C(=O)Nc2ccc(C#CCN)cc2)c1. The van der Waals surface area contributed by atoms with Crippen LogP contribution in [0.2, 0.25) is 0 Å². The van der Waals surface area contributed by atoms with Crippen LogP contribution >= 0.6 is 11.3 Å². The predicted octanol–water partition coefficient (Wildman–Crippen LogP) is 2.32. The van der Waals surface area contributed by atoms with Gasteiger partial charge < -0.3 is 15.8 Å². The van der Waals surface area contributed by atoms with E-state index in [4.69, 9.17) is 10.5 Å². The van der Waals surface area contributed by atoms with Crippen molar-refractivity contribution in [3.63, 3.8) is 0 Å². The van der Waals surface area contributed by atoms with Crippen LogP contribution in [-0.4, -0.2) is 19.6 Å². The molecule has 3 N–H and O–H groups in total. The van der Waals surface area contributed by atoms with Gasteiger partial charge in [-0.1, -0.05) is 11.8 Å². The van der Waals surface area contributed by atoms with Crippen LogP contribution in [0.15, 0.2) is 35.7 Å². The summed E-state index contributed by atoms with van der Waals surface area (Å²) in [4.78, 5) is 12.6. The maximum absolute atomic E-state index is 12.0. The Labute approximate surface area is 121 Å². The van der Waals surface area contributed by atoms with Crippen LogP contribution in [0.5, 0.6) is 5.75 Å². The Morgan fingerprint density at radius 3 is 2.75 bits per heavy atom. The first-order chi connectivity index (χ1) is 9.72. The van der Waals surface area contributed by atoms with Crippen LogP contribution in [0.4, 0.5) is 5.69 Å². The molecule has 0 spiro atoms. The fourth-order valence-electron chi connectivity index (χ4n) is 1.53. The standard InChI is InChI=1S/C15H14N2O2S/c1-19-13-9-14(20-10-13)15(18)17-12-6-4-11(5-7-12)3-2-8-16/h4-7,9-10H,8,16H2,1H3,(H,17,18). The molecule has 0 saturated heterocycles. The Bertz CT molecular complexity index is 651. The van der Waals surface area contributed by atoms with Gasteiger partial charge in [0.2, 0.25) is 0 Å². The summed E-state index contributed by atoms with van der Waals surface area (Å²) in [7, 11) is 1.57. The second kappa shape index (κ2) is 6.75. The zero-order valence-electron chi connectivity index (χ0n) is 11.0. The molecular weight excluding hydrogens is 272 g/mol. The van der Waals surface area contributed by atoms with E-state index in [0.717, 1.165) is 11.3 Å². The quantitative estimate of drug-likeness (QED) is 0.851. The first-order valence-corrected chi connectivity index (χ1v) is 6.84. The molecule has 4 nitrogen and oxygen atoms in total. The maximum Gasteiger partial charge on any atom is 0.265 e. The van der Waals surface area contributed by atoms with Gasteiger partial charge >= 0.3 is 0 Å². The molecule has 0 atom stereocenters. The average molecular weight is 286 g/mol. The number of nitrogens with two attached hydrogens (primary N) is 1. The zero-order valence-corrected chi connectivity index (χ0v) is 11.8. The number of anilines is 1. The number of thiophene rings is 1. The van der Waals surface area contributed by atoms with Crippen LogP contribution in [0.3, 0.4) is 0 Å². The number of hydrogen-bond acceptors (Lipinski definition) is 4. The minimum Gasteiger partial charge on any atom is -0.496 e. The maximum atomic E-state index is 12.0. The van der Waals surface area contributed by atoms with Gasteiger partial charge in [0.1, 0.15) is 5.75 Å². The van der Waals surface area contributed by atoms with Crippen LogP contribution in [0, 0.1) is 11.8 Å². The molecule has 0 fully saturated rings. The van der Waals surface area contributed by atoms with Gasteiger partial charge in [0.25, 0.3) is 5.91 Å². The average Bonchev–Trinajstić information content (AvgIpc) is 2.95. The van der Waals surface area contributed by atoms with E-state index < -0.39 is 0 Å². The summed E-state index contributed by atoms with van der Waals surface area (Å²) in [6, 6.07) is 9.01. The molecule has 0 aliphatic carbocycles. The Kier molecular flexibility index (Phi) is 4.77. The number of carbonyl (C=O) groups is 1. The van der Waals surface area contributed by atoms with E-state index in [-0.39, 0.29) is 5.91 Å². The molecule has 0 unspecified atom stereocenters. The van der Waals surface area contributed by atoms with Crippen molar-refractivity contribution in [1.82, 2.24) is 0 Å². The normalized spacial score (nSPS) is 9.50. The molecule has 0 radical (unpaired) electrons. The molecule has 2 rings (SSSR count). The van der Waals surface area contributed by atoms with Gasteiger partial charge in [-0.15, -0.1) is 11.3 Å². The Balaban J connectivity index is 2.04. The van der Waals surface area contributed by atoms with E-state index >= 15 is 0 Å². The van der Waals surface area contributed by atoms with E-state index in [1.807, 2.05) is 24.3 Å². The molecule has 2 aromatic rings. The van der Waals surface area contributed by atoms with Crippen molar-refractivity contribution >= 4 is 22.9 Å². The molecule has 5 heteroatoms. The number of carbonyl (C=O) groups excluding carboxylic acids is 1. The van der Waals surface area contributed by atoms with E-state index in [9.17, 15) is 4.79 Å². The molecule has 1 heterocycles. The molecule has 102 valence electrons. The topological polar surface area (TPSA) is 64.3 Å². The lowest BCUT2D eigenvalue weighted by atomic mass is 10.2. The van der Waals surface area contributed by atoms with Crippen LogP contribution in [0.25, 0.3) is 0 Å². The lowest BCUT2D eigenvalue weighted by Crippen LogP contribution is -2.09. The molecule has 1 aromatic heterocycles. The third kappa shape index (κ3) is 3.60. The largest absolute Gasteiger partial charge is 0.496 e. The second-order valence-corrected chi connectivity index (χ2v) is 4.80. The fourth-order valence-corrected chi connectivity index (χ4v) is 2.28. The number of benzene rings is 1. The summed E-state index contributed by atoms with van der Waals surface area (Å²) in [5.74, 6) is 6.24. The van der Waals surface area contributed by atoms with Gasteiger partial charge in [-0.3, -0.25) is 4.79 Å². The lowest BCUT2D eigenvalue weighted by Gasteiger charge is -2.03. The van der Waals surface area contributed by atoms with Crippen molar-refractivity contribution in [3.05, 3.63) is 46.2 Å². The molecule has 0 aliphatic heterocycles. The van der Waals surface area contributed by atoms with Crippen molar-refractivity contribution in [3.8, 4) is 17.6 Å². The van der Waals surface area contributed by atoms with E-state index in [0.29, 0.717) is 17.2 Å².